The van der Waals surface area contributed by atoms with Crippen molar-refractivity contribution in [3.63, 3.8) is 0 Å². The van der Waals surface area contributed by atoms with E-state index in [-0.39, 0.29) is 0 Å². The Balaban J connectivity index is 0.958. The highest BCUT2D eigenvalue weighted by atomic mass is 16.5. The summed E-state index contributed by atoms with van der Waals surface area (Å²) in [6, 6.07) is 63.4. The number of benzene rings is 7. The number of fused-ring (bicyclic) bond motifs is 18. The van der Waals surface area contributed by atoms with Crippen molar-refractivity contribution < 1.29 is 4.74 Å². The van der Waals surface area contributed by atoms with Crippen LogP contribution in [0.2, 0.25) is 0 Å². The zero-order valence-electron chi connectivity index (χ0n) is 36.5. The molecule has 1 aliphatic heterocycles. The van der Waals surface area contributed by atoms with E-state index in [9.17, 15) is 10.5 Å². The highest BCUT2D eigenvalue weighted by molar-refractivity contribution is 6.13. The molecule has 0 atom stereocenters. The molecule has 0 N–H and O–H groups in total. The Morgan fingerprint density at radius 1 is 0.391 bits per heavy atom. The molecule has 6 aromatic heterocycles. The van der Waals surface area contributed by atoms with Crippen LogP contribution in [-0.4, -0.2) is 28.7 Å². The number of nitrogens with zero attached hydrogens (tertiary/aromatic N) is 8. The first-order valence-corrected chi connectivity index (χ1v) is 22.8. The second-order valence-electron chi connectivity index (χ2n) is 17.8. The average molecular weight is 881 g/mol. The smallest absolute Gasteiger partial charge is 0.134 e. The largest absolute Gasteiger partial charge is 0.457 e. The molecule has 318 valence electrons. The van der Waals surface area contributed by atoms with Crippen LogP contribution in [-0.2, 0) is 5.41 Å². The monoisotopic (exact) mass is 880 g/mol. The summed E-state index contributed by atoms with van der Waals surface area (Å²) in [5.74, 6) is 1.45. The molecule has 0 fully saturated rings. The fourth-order valence-corrected chi connectivity index (χ4v) is 11.8. The lowest BCUT2D eigenvalue weighted by Crippen LogP contribution is -2.32. The van der Waals surface area contributed by atoms with Crippen molar-refractivity contribution in [2.24, 2.45) is 0 Å². The normalized spacial score (nSPS) is 13.1. The Hall–Kier alpha value is -9.83. The lowest BCUT2D eigenvalue weighted by Gasteiger charge is -2.39. The maximum Gasteiger partial charge on any atom is 0.134 e. The van der Waals surface area contributed by atoms with Gasteiger partial charge in [-0.2, -0.15) is 10.5 Å². The van der Waals surface area contributed by atoms with Crippen LogP contribution >= 0.6 is 0 Å². The van der Waals surface area contributed by atoms with Crippen LogP contribution in [0.15, 0.2) is 195 Å². The van der Waals surface area contributed by atoms with Crippen LogP contribution in [0, 0.1) is 22.7 Å². The van der Waals surface area contributed by atoms with Gasteiger partial charge in [0.1, 0.15) is 11.5 Å². The number of pyridine rings is 3. The van der Waals surface area contributed by atoms with Gasteiger partial charge in [0, 0.05) is 91.2 Å². The number of rotatable bonds is 3. The topological polar surface area (TPSA) is 110 Å². The minimum absolute atomic E-state index is 0.618. The van der Waals surface area contributed by atoms with Gasteiger partial charge in [0.15, 0.2) is 0 Å². The second kappa shape index (κ2) is 13.6. The van der Waals surface area contributed by atoms with E-state index in [4.69, 9.17) is 14.7 Å². The maximum absolute atomic E-state index is 9.86. The van der Waals surface area contributed by atoms with Gasteiger partial charge < -0.3 is 18.4 Å². The summed E-state index contributed by atoms with van der Waals surface area (Å²) in [5.41, 5.74) is 15.3. The van der Waals surface area contributed by atoms with Gasteiger partial charge in [-0.1, -0.05) is 60.7 Å². The van der Waals surface area contributed by atoms with Gasteiger partial charge in [-0.05, 0) is 108 Å². The third-order valence-electron chi connectivity index (χ3n) is 14.5. The highest BCUT2D eigenvalue weighted by Crippen LogP contribution is 2.61. The number of hydrogen-bond acceptors (Lipinski definition) is 6. The summed E-state index contributed by atoms with van der Waals surface area (Å²) in [6.45, 7) is 0. The third-order valence-corrected chi connectivity index (χ3v) is 14.5. The molecule has 15 rings (SSSR count). The number of aromatic nitrogens is 6. The first-order valence-electron chi connectivity index (χ1n) is 22.8. The summed E-state index contributed by atoms with van der Waals surface area (Å²) in [7, 11) is 0. The Labute approximate surface area is 393 Å². The van der Waals surface area contributed by atoms with E-state index in [1.54, 1.807) is 0 Å². The average Bonchev–Trinajstić information content (AvgIpc) is 4.12. The van der Waals surface area contributed by atoms with Crippen molar-refractivity contribution >= 4 is 65.4 Å². The molecule has 1 spiro atoms. The molecule has 9 heteroatoms. The Morgan fingerprint density at radius 3 is 1.42 bits per heavy atom. The number of nitriles is 2. The molecular formula is C60H32N8O. The maximum atomic E-state index is 9.86. The zero-order valence-corrected chi connectivity index (χ0v) is 36.5. The van der Waals surface area contributed by atoms with E-state index >= 15 is 0 Å². The molecule has 0 radical (unpaired) electrons. The Morgan fingerprint density at radius 2 is 0.855 bits per heavy atom. The molecule has 0 unspecified atom stereocenters. The SMILES string of the molecule is N#Cc1ccc2c(c1)c1ccccc1n2-c1ccc2c(c1)Oc1cc(-n3c4ccc(-n5c6ccccc6c6cc(C#N)ccc65)cc4c4ccncc43)ccc1C21c2cccnc2-c2ncccc21. The first kappa shape index (κ1) is 37.4. The number of para-hydroxylation sites is 2. The molecule has 0 saturated heterocycles. The third kappa shape index (κ3) is 4.87. The van der Waals surface area contributed by atoms with Gasteiger partial charge in [0.2, 0.25) is 0 Å². The first-order chi connectivity index (χ1) is 34.1. The number of ether oxygens (including phenoxy) is 1. The zero-order chi connectivity index (χ0) is 45.5. The molecule has 9 nitrogen and oxygen atoms in total. The molecule has 13 aromatic rings. The Kier molecular flexibility index (Phi) is 7.38. The van der Waals surface area contributed by atoms with Crippen LogP contribution in [0.5, 0.6) is 11.5 Å². The molecular weight excluding hydrogens is 849 g/mol. The van der Waals surface area contributed by atoms with Crippen LogP contribution in [0.25, 0.3) is 93.9 Å². The Bertz CT molecular complexity index is 4470. The van der Waals surface area contributed by atoms with Crippen LogP contribution in [0.4, 0.5) is 0 Å². The lowest BCUT2D eigenvalue weighted by atomic mass is 9.66. The lowest BCUT2D eigenvalue weighted by molar-refractivity contribution is 0.436. The van der Waals surface area contributed by atoms with Gasteiger partial charge in [-0.25, -0.2) is 0 Å². The van der Waals surface area contributed by atoms with Gasteiger partial charge in [-0.15, -0.1) is 0 Å². The summed E-state index contributed by atoms with van der Waals surface area (Å²) < 4.78 is 14.1. The number of hydrogen-bond donors (Lipinski definition) is 0. The van der Waals surface area contributed by atoms with Gasteiger partial charge >= 0.3 is 0 Å². The van der Waals surface area contributed by atoms with Gasteiger partial charge in [0.25, 0.3) is 0 Å². The van der Waals surface area contributed by atoms with Crippen molar-refractivity contribution in [1.82, 2.24) is 28.7 Å². The van der Waals surface area contributed by atoms with E-state index in [1.165, 1.54) is 0 Å². The quantitative estimate of drug-likeness (QED) is 0.175. The fraction of sp³-hybridized carbons (Fsp3) is 0.0167. The summed E-state index contributed by atoms with van der Waals surface area (Å²) in [6.07, 6.45) is 7.48. The molecule has 0 bridgehead atoms. The van der Waals surface area contributed by atoms with E-state index in [0.29, 0.717) is 11.1 Å². The van der Waals surface area contributed by atoms with Crippen molar-refractivity contribution in [3.8, 4) is 52.1 Å². The van der Waals surface area contributed by atoms with Crippen LogP contribution < -0.4 is 4.74 Å². The fourth-order valence-electron chi connectivity index (χ4n) is 11.8. The minimum Gasteiger partial charge on any atom is -0.457 e. The van der Waals surface area contributed by atoms with Crippen LogP contribution in [0.3, 0.4) is 0 Å². The summed E-state index contributed by atoms with van der Waals surface area (Å²) in [4.78, 5) is 14.6. The molecule has 2 aliphatic rings. The van der Waals surface area contributed by atoms with E-state index < -0.39 is 5.41 Å². The van der Waals surface area contributed by atoms with E-state index in [0.717, 1.165) is 128 Å². The van der Waals surface area contributed by atoms with Crippen molar-refractivity contribution in [1.29, 1.82) is 10.5 Å². The van der Waals surface area contributed by atoms with Crippen LogP contribution in [0.1, 0.15) is 33.4 Å². The van der Waals surface area contributed by atoms with E-state index in [1.807, 2.05) is 85.5 Å². The molecule has 1 aliphatic carbocycles. The minimum atomic E-state index is -0.788. The van der Waals surface area contributed by atoms with E-state index in [2.05, 4.69) is 140 Å². The standard InChI is InChI=1S/C60H32N8O/c61-32-35-13-20-52-43(27-35)40-7-1-3-11-50(40)66(52)37-17-22-54-45(29-37)42-23-26-63-34-55(42)68(54)39-16-19-47-57(31-39)69-56-30-38(67-51-12-4-2-8-41(51)44-28-36(33-62)14-21-53(44)67)15-18-46(56)60(47)48-9-5-24-64-58(48)59-49(60)10-6-25-65-59/h1-31,34H. The molecule has 0 amide bonds. The van der Waals surface area contributed by atoms with Crippen molar-refractivity contribution in [3.05, 3.63) is 228 Å². The molecule has 69 heavy (non-hydrogen) atoms. The molecule has 7 aromatic carbocycles. The second-order valence-corrected chi connectivity index (χ2v) is 17.8. The molecule has 7 heterocycles. The molecule has 0 saturated carbocycles. The summed E-state index contributed by atoms with van der Waals surface area (Å²) >= 11 is 0. The highest BCUT2D eigenvalue weighted by Gasteiger charge is 2.52. The van der Waals surface area contributed by atoms with Crippen molar-refractivity contribution in [2.45, 2.75) is 5.41 Å². The summed E-state index contributed by atoms with van der Waals surface area (Å²) in [5, 5.41) is 26.0. The van der Waals surface area contributed by atoms with Crippen molar-refractivity contribution in [2.75, 3.05) is 0 Å². The van der Waals surface area contributed by atoms with Gasteiger partial charge in [0.05, 0.1) is 79.4 Å². The van der Waals surface area contributed by atoms with Gasteiger partial charge in [-0.3, -0.25) is 15.0 Å². The predicted octanol–water partition coefficient (Wildman–Crippen LogP) is 13.4. The predicted molar refractivity (Wildman–Crippen MR) is 270 cm³/mol.